The zero-order valence-corrected chi connectivity index (χ0v) is 15.5. The van der Waals surface area contributed by atoms with E-state index >= 15 is 0 Å². The number of anilines is 1. The molecule has 6 nitrogen and oxygen atoms in total. The van der Waals surface area contributed by atoms with Gasteiger partial charge in [-0.3, -0.25) is 0 Å². The fourth-order valence-corrected chi connectivity index (χ4v) is 3.36. The number of carbonyl (C=O) groups is 2. The zero-order valence-electron chi connectivity index (χ0n) is 14.7. The van der Waals surface area contributed by atoms with Crippen molar-refractivity contribution in [2.45, 2.75) is 20.1 Å². The summed E-state index contributed by atoms with van der Waals surface area (Å²) in [5, 5.41) is 9.57. The van der Waals surface area contributed by atoms with E-state index in [9.17, 15) is 14.7 Å². The number of benzene rings is 2. The number of hydrogen-bond acceptors (Lipinski definition) is 5. The Morgan fingerprint density at radius 2 is 1.63 bits per heavy atom. The van der Waals surface area contributed by atoms with Crippen molar-refractivity contribution in [3.05, 3.63) is 82.4 Å². The van der Waals surface area contributed by atoms with Crippen LogP contribution in [-0.2, 0) is 17.9 Å². The number of aromatic nitrogens is 1. The molecule has 3 aromatic rings. The Morgan fingerprint density at radius 1 is 1.04 bits per heavy atom. The smallest absolute Gasteiger partial charge is 0.416 e. The summed E-state index contributed by atoms with van der Waals surface area (Å²) in [7, 11) is 0. The predicted molar refractivity (Wildman–Crippen MR) is 103 cm³/mol. The first kappa shape index (κ1) is 18.6. The molecule has 0 saturated heterocycles. The van der Waals surface area contributed by atoms with Crippen LogP contribution >= 0.6 is 11.3 Å². The van der Waals surface area contributed by atoms with E-state index in [1.54, 1.807) is 6.92 Å². The van der Waals surface area contributed by atoms with Crippen molar-refractivity contribution >= 4 is 28.5 Å². The van der Waals surface area contributed by atoms with E-state index in [0.717, 1.165) is 22.5 Å². The van der Waals surface area contributed by atoms with Crippen LogP contribution in [0.4, 0.5) is 9.93 Å². The SMILES string of the molecule is Cc1nc(N(Cc2ccccc2)C(=O)OCc2ccccc2)sc1C(=O)O. The van der Waals surface area contributed by atoms with Gasteiger partial charge in [0.05, 0.1) is 12.2 Å². The van der Waals surface area contributed by atoms with Crippen molar-refractivity contribution in [3.8, 4) is 0 Å². The highest BCUT2D eigenvalue weighted by atomic mass is 32.1. The molecular formula is C20H18N2O4S. The molecule has 2 aromatic carbocycles. The number of rotatable bonds is 6. The predicted octanol–water partition coefficient (Wildman–Crippen LogP) is 4.49. The van der Waals surface area contributed by atoms with Crippen LogP contribution in [0.15, 0.2) is 60.7 Å². The standard InChI is InChI=1S/C20H18N2O4S/c1-14-17(18(23)24)27-19(21-14)22(12-15-8-4-2-5-9-15)20(25)26-13-16-10-6-3-7-11-16/h2-11H,12-13H2,1H3,(H,23,24). The van der Waals surface area contributed by atoms with Crippen molar-refractivity contribution in [1.29, 1.82) is 0 Å². The summed E-state index contributed by atoms with van der Waals surface area (Å²) in [6, 6.07) is 18.8. The molecule has 0 unspecified atom stereocenters. The number of aryl methyl sites for hydroxylation is 1. The van der Waals surface area contributed by atoms with Crippen molar-refractivity contribution in [2.24, 2.45) is 0 Å². The van der Waals surface area contributed by atoms with E-state index in [0.29, 0.717) is 10.8 Å². The number of thiazole rings is 1. The van der Waals surface area contributed by atoms with E-state index in [4.69, 9.17) is 4.74 Å². The monoisotopic (exact) mass is 382 g/mol. The molecule has 0 radical (unpaired) electrons. The largest absolute Gasteiger partial charge is 0.477 e. The van der Waals surface area contributed by atoms with E-state index in [1.165, 1.54) is 4.90 Å². The summed E-state index contributed by atoms with van der Waals surface area (Å²) in [5.41, 5.74) is 2.13. The maximum Gasteiger partial charge on any atom is 0.416 e. The summed E-state index contributed by atoms with van der Waals surface area (Å²) in [4.78, 5) is 29.8. The van der Waals surface area contributed by atoms with Gasteiger partial charge in [0.2, 0.25) is 0 Å². The van der Waals surface area contributed by atoms with Gasteiger partial charge in [0.15, 0.2) is 5.13 Å². The summed E-state index contributed by atoms with van der Waals surface area (Å²) in [6.07, 6.45) is -0.576. The Morgan fingerprint density at radius 3 is 2.19 bits per heavy atom. The number of carboxylic acids is 1. The molecule has 138 valence electrons. The maximum atomic E-state index is 12.7. The average Bonchev–Trinajstić information content (AvgIpc) is 3.07. The topological polar surface area (TPSA) is 79.7 Å². The average molecular weight is 382 g/mol. The molecule has 0 saturated carbocycles. The van der Waals surface area contributed by atoms with Crippen molar-refractivity contribution in [1.82, 2.24) is 4.98 Å². The fraction of sp³-hybridized carbons (Fsp3) is 0.150. The lowest BCUT2D eigenvalue weighted by molar-refractivity contribution is 0.0701. The van der Waals surface area contributed by atoms with E-state index < -0.39 is 12.1 Å². The van der Waals surface area contributed by atoms with Gasteiger partial charge in [-0.1, -0.05) is 72.0 Å². The third kappa shape index (κ3) is 4.71. The van der Waals surface area contributed by atoms with Crippen LogP contribution < -0.4 is 4.90 Å². The number of amides is 1. The second-order valence-electron chi connectivity index (χ2n) is 5.83. The van der Waals surface area contributed by atoms with Crippen LogP contribution in [-0.4, -0.2) is 22.2 Å². The molecule has 7 heteroatoms. The summed E-state index contributed by atoms with van der Waals surface area (Å²) in [5.74, 6) is -1.06. The summed E-state index contributed by atoms with van der Waals surface area (Å²) < 4.78 is 5.43. The van der Waals surface area contributed by atoms with Gasteiger partial charge in [-0.15, -0.1) is 0 Å². The molecule has 0 aliphatic heterocycles. The summed E-state index contributed by atoms with van der Waals surface area (Å²) in [6.45, 7) is 1.97. The normalized spacial score (nSPS) is 10.4. The molecule has 1 N–H and O–H groups in total. The van der Waals surface area contributed by atoms with E-state index in [-0.39, 0.29) is 18.0 Å². The highest BCUT2D eigenvalue weighted by molar-refractivity contribution is 7.17. The first-order chi connectivity index (χ1) is 13.0. The summed E-state index contributed by atoms with van der Waals surface area (Å²) >= 11 is 0.959. The minimum Gasteiger partial charge on any atom is -0.477 e. The Hall–Kier alpha value is -3.19. The van der Waals surface area contributed by atoms with E-state index in [1.807, 2.05) is 60.7 Å². The van der Waals surface area contributed by atoms with Gasteiger partial charge in [0.1, 0.15) is 11.5 Å². The molecule has 3 rings (SSSR count). The van der Waals surface area contributed by atoms with Gasteiger partial charge < -0.3 is 9.84 Å². The third-order valence-corrected chi connectivity index (χ3v) is 4.99. The van der Waals surface area contributed by atoms with Crippen molar-refractivity contribution in [2.75, 3.05) is 4.90 Å². The molecule has 1 aromatic heterocycles. The molecule has 27 heavy (non-hydrogen) atoms. The van der Waals surface area contributed by atoms with Crippen LogP contribution in [0.25, 0.3) is 0 Å². The Balaban J connectivity index is 1.83. The van der Waals surface area contributed by atoms with Gasteiger partial charge >= 0.3 is 12.1 Å². The van der Waals surface area contributed by atoms with Crippen molar-refractivity contribution in [3.63, 3.8) is 0 Å². The third-order valence-electron chi connectivity index (χ3n) is 3.82. The Kier molecular flexibility index (Phi) is 5.83. The number of hydrogen-bond donors (Lipinski definition) is 1. The van der Waals surface area contributed by atoms with Gasteiger partial charge in [-0.25, -0.2) is 19.5 Å². The Labute approximate surface area is 160 Å². The lowest BCUT2D eigenvalue weighted by atomic mass is 10.2. The Bertz CT molecular complexity index is 926. The van der Waals surface area contributed by atoms with Crippen LogP contribution in [0, 0.1) is 6.92 Å². The molecule has 0 aliphatic rings. The second-order valence-corrected chi connectivity index (χ2v) is 6.81. The fourth-order valence-electron chi connectivity index (χ4n) is 2.47. The van der Waals surface area contributed by atoms with Crippen molar-refractivity contribution < 1.29 is 19.4 Å². The molecular weight excluding hydrogens is 364 g/mol. The number of nitrogens with zero attached hydrogens (tertiary/aromatic N) is 2. The zero-order chi connectivity index (χ0) is 19.2. The first-order valence-electron chi connectivity index (χ1n) is 8.27. The van der Waals surface area contributed by atoms with Gasteiger partial charge in [-0.2, -0.15) is 0 Å². The lowest BCUT2D eigenvalue weighted by Crippen LogP contribution is -2.31. The van der Waals surface area contributed by atoms with Crippen LogP contribution in [0.5, 0.6) is 0 Å². The van der Waals surface area contributed by atoms with Gasteiger partial charge in [-0.05, 0) is 18.1 Å². The van der Waals surface area contributed by atoms with Crippen LogP contribution in [0.1, 0.15) is 26.5 Å². The molecule has 0 spiro atoms. The van der Waals surface area contributed by atoms with Crippen LogP contribution in [0.3, 0.4) is 0 Å². The molecule has 1 amide bonds. The van der Waals surface area contributed by atoms with E-state index in [2.05, 4.69) is 4.98 Å². The molecule has 0 fully saturated rings. The number of aromatic carboxylic acids is 1. The quantitative estimate of drug-likeness (QED) is 0.679. The number of carbonyl (C=O) groups excluding carboxylic acids is 1. The minimum atomic E-state index is -1.06. The lowest BCUT2D eigenvalue weighted by Gasteiger charge is -2.19. The molecule has 1 heterocycles. The number of ether oxygens (including phenoxy) is 1. The number of carboxylic acid groups (broad SMARTS) is 1. The highest BCUT2D eigenvalue weighted by Gasteiger charge is 2.24. The highest BCUT2D eigenvalue weighted by Crippen LogP contribution is 2.28. The minimum absolute atomic E-state index is 0.110. The second kappa shape index (κ2) is 8.46. The van der Waals surface area contributed by atoms with Gasteiger partial charge in [0.25, 0.3) is 0 Å². The van der Waals surface area contributed by atoms with Gasteiger partial charge in [0, 0.05) is 0 Å². The molecule has 0 aliphatic carbocycles. The first-order valence-corrected chi connectivity index (χ1v) is 9.09. The molecule has 0 atom stereocenters. The maximum absolute atomic E-state index is 12.7. The molecule has 0 bridgehead atoms. The van der Waals surface area contributed by atoms with Crippen LogP contribution in [0.2, 0.25) is 0 Å².